The molecular weight excluding hydrogens is 342 g/mol. The molecule has 146 valence electrons. The summed E-state index contributed by atoms with van der Waals surface area (Å²) in [5.74, 6) is 3.06. The van der Waals surface area contributed by atoms with Gasteiger partial charge in [-0.25, -0.2) is 4.98 Å². The highest BCUT2D eigenvalue weighted by atomic mass is 16.5. The van der Waals surface area contributed by atoms with E-state index in [0.717, 1.165) is 56.4 Å². The number of nitrogens with zero attached hydrogens (tertiary/aromatic N) is 6. The summed E-state index contributed by atoms with van der Waals surface area (Å²) >= 11 is 0. The molecule has 0 radical (unpaired) electrons. The van der Waals surface area contributed by atoms with Gasteiger partial charge in [-0.2, -0.15) is 4.98 Å². The molecule has 0 spiro atoms. The van der Waals surface area contributed by atoms with E-state index in [1.807, 2.05) is 23.9 Å². The number of rotatable bonds is 5. The molecule has 2 fully saturated rings. The Morgan fingerprint density at radius 3 is 2.93 bits per heavy atom. The molecule has 1 N–H and O–H groups in total. The van der Waals surface area contributed by atoms with Gasteiger partial charge in [-0.1, -0.05) is 13.8 Å². The number of hydrogen-bond donors (Lipinski definition) is 1. The molecule has 2 aliphatic rings. The number of aryl methyl sites for hydroxylation is 1. The number of nitrogens with one attached hydrogen (secondary N) is 1. The van der Waals surface area contributed by atoms with Crippen molar-refractivity contribution in [1.29, 1.82) is 0 Å². The van der Waals surface area contributed by atoms with Crippen molar-refractivity contribution in [3.8, 4) is 0 Å². The van der Waals surface area contributed by atoms with Crippen LogP contribution in [0.15, 0.2) is 18.6 Å². The average Bonchev–Trinajstić information content (AvgIpc) is 3.30. The predicted molar refractivity (Wildman–Crippen MR) is 104 cm³/mol. The third-order valence-electron chi connectivity index (χ3n) is 5.55. The zero-order valence-corrected chi connectivity index (χ0v) is 16.4. The fourth-order valence-electron chi connectivity index (χ4n) is 4.24. The highest BCUT2D eigenvalue weighted by Crippen LogP contribution is 2.33. The van der Waals surface area contributed by atoms with Crippen LogP contribution in [-0.4, -0.2) is 50.0 Å². The molecule has 0 aromatic carbocycles. The quantitative estimate of drug-likeness (QED) is 0.865. The summed E-state index contributed by atoms with van der Waals surface area (Å²) in [5, 5.41) is 11.9. The van der Waals surface area contributed by atoms with Crippen molar-refractivity contribution in [3.05, 3.63) is 24.4 Å². The maximum absolute atomic E-state index is 6.00. The summed E-state index contributed by atoms with van der Waals surface area (Å²) < 4.78 is 7.98. The summed E-state index contributed by atoms with van der Waals surface area (Å²) in [7, 11) is 1.99. The number of anilines is 2. The zero-order chi connectivity index (χ0) is 18.8. The lowest BCUT2D eigenvalue weighted by Gasteiger charge is -2.35. The van der Waals surface area contributed by atoms with Gasteiger partial charge in [-0.3, -0.25) is 0 Å². The average molecular weight is 371 g/mol. The van der Waals surface area contributed by atoms with E-state index in [4.69, 9.17) is 9.72 Å². The van der Waals surface area contributed by atoms with Gasteiger partial charge in [0, 0.05) is 26.4 Å². The van der Waals surface area contributed by atoms with E-state index in [9.17, 15) is 0 Å². The smallest absolute Gasteiger partial charge is 0.227 e. The van der Waals surface area contributed by atoms with Crippen molar-refractivity contribution >= 4 is 11.8 Å². The van der Waals surface area contributed by atoms with Gasteiger partial charge >= 0.3 is 0 Å². The molecule has 8 heteroatoms. The standard InChI is InChI=1S/C19H29N7O/c1-13(2)17-14(6-5-11-27-17)22-16-8-9-20-19(23-16)26-10-4-7-15(26)18-24-21-12-25(18)3/h8-9,12-15,17H,4-7,10-11H2,1-3H3,(H,20,22,23). The Morgan fingerprint density at radius 1 is 1.26 bits per heavy atom. The number of hydrogen-bond acceptors (Lipinski definition) is 7. The topological polar surface area (TPSA) is 81.0 Å². The summed E-state index contributed by atoms with van der Waals surface area (Å²) in [4.78, 5) is 11.6. The first kappa shape index (κ1) is 18.2. The molecule has 0 aliphatic carbocycles. The lowest BCUT2D eigenvalue weighted by atomic mass is 9.94. The Morgan fingerprint density at radius 2 is 2.15 bits per heavy atom. The van der Waals surface area contributed by atoms with Crippen molar-refractivity contribution in [3.63, 3.8) is 0 Å². The van der Waals surface area contributed by atoms with Crippen LogP contribution in [-0.2, 0) is 11.8 Å². The molecule has 27 heavy (non-hydrogen) atoms. The number of aromatic nitrogens is 5. The Bertz CT molecular complexity index is 762. The van der Waals surface area contributed by atoms with Crippen LogP contribution in [0.4, 0.5) is 11.8 Å². The van der Waals surface area contributed by atoms with E-state index in [1.165, 1.54) is 0 Å². The molecule has 0 saturated carbocycles. The van der Waals surface area contributed by atoms with Crippen LogP contribution in [0.3, 0.4) is 0 Å². The second kappa shape index (κ2) is 7.80. The Hall–Kier alpha value is -2.22. The first-order chi connectivity index (χ1) is 13.1. The molecule has 3 atom stereocenters. The van der Waals surface area contributed by atoms with Crippen molar-refractivity contribution in [2.75, 3.05) is 23.4 Å². The fraction of sp³-hybridized carbons (Fsp3) is 0.684. The molecule has 2 aliphatic heterocycles. The molecule has 0 bridgehead atoms. The maximum Gasteiger partial charge on any atom is 0.227 e. The molecule has 3 unspecified atom stereocenters. The van der Waals surface area contributed by atoms with Gasteiger partial charge in [0.2, 0.25) is 5.95 Å². The Kier molecular flexibility index (Phi) is 5.24. The van der Waals surface area contributed by atoms with Gasteiger partial charge in [0.1, 0.15) is 12.1 Å². The van der Waals surface area contributed by atoms with E-state index in [0.29, 0.717) is 5.92 Å². The number of ether oxygens (including phenoxy) is 1. The SMILES string of the molecule is CC(C)C1OCCCC1Nc1ccnc(N2CCCC2c2nncn2C)n1. The molecule has 4 heterocycles. The molecular formula is C19H29N7O. The van der Waals surface area contributed by atoms with Gasteiger partial charge in [0.15, 0.2) is 5.82 Å². The Balaban J connectivity index is 1.53. The third kappa shape index (κ3) is 3.76. The minimum Gasteiger partial charge on any atom is -0.376 e. The monoisotopic (exact) mass is 371 g/mol. The minimum absolute atomic E-state index is 0.175. The molecule has 4 rings (SSSR count). The first-order valence-electron chi connectivity index (χ1n) is 9.95. The molecule has 8 nitrogen and oxygen atoms in total. The molecule has 2 saturated heterocycles. The van der Waals surface area contributed by atoms with Gasteiger partial charge in [0.05, 0.1) is 18.2 Å². The molecule has 2 aromatic rings. The summed E-state index contributed by atoms with van der Waals surface area (Å²) in [5.41, 5.74) is 0. The summed E-state index contributed by atoms with van der Waals surface area (Å²) in [6.45, 7) is 6.21. The lowest BCUT2D eigenvalue weighted by Crippen LogP contribution is -2.43. The normalized spacial score (nSPS) is 25.9. The van der Waals surface area contributed by atoms with Gasteiger partial charge in [-0.05, 0) is 37.7 Å². The van der Waals surface area contributed by atoms with Crippen LogP contribution in [0.5, 0.6) is 0 Å². The van der Waals surface area contributed by atoms with E-state index in [1.54, 1.807) is 6.33 Å². The van der Waals surface area contributed by atoms with Crippen molar-refractivity contribution in [2.45, 2.75) is 57.7 Å². The minimum atomic E-state index is 0.175. The van der Waals surface area contributed by atoms with Crippen molar-refractivity contribution < 1.29 is 4.74 Å². The third-order valence-corrected chi connectivity index (χ3v) is 5.55. The molecule has 2 aromatic heterocycles. The van der Waals surface area contributed by atoms with Crippen molar-refractivity contribution in [2.24, 2.45) is 13.0 Å². The van der Waals surface area contributed by atoms with E-state index < -0.39 is 0 Å². The summed E-state index contributed by atoms with van der Waals surface area (Å²) in [6, 6.07) is 2.41. The predicted octanol–water partition coefficient (Wildman–Crippen LogP) is 2.56. The highest BCUT2D eigenvalue weighted by Gasteiger charge is 2.32. The molecule has 0 amide bonds. The maximum atomic E-state index is 6.00. The van der Waals surface area contributed by atoms with Crippen LogP contribution in [0.1, 0.15) is 51.4 Å². The largest absolute Gasteiger partial charge is 0.376 e. The van der Waals surface area contributed by atoms with Crippen LogP contribution >= 0.6 is 0 Å². The van der Waals surface area contributed by atoms with Crippen LogP contribution in [0.25, 0.3) is 0 Å². The fourth-order valence-corrected chi connectivity index (χ4v) is 4.24. The second-order valence-corrected chi connectivity index (χ2v) is 7.87. The zero-order valence-electron chi connectivity index (χ0n) is 16.4. The van der Waals surface area contributed by atoms with Crippen LogP contribution < -0.4 is 10.2 Å². The van der Waals surface area contributed by atoms with E-state index in [-0.39, 0.29) is 18.2 Å². The Labute approximate surface area is 160 Å². The lowest BCUT2D eigenvalue weighted by molar-refractivity contribution is -0.0203. The van der Waals surface area contributed by atoms with E-state index >= 15 is 0 Å². The van der Waals surface area contributed by atoms with E-state index in [2.05, 4.69) is 39.2 Å². The van der Waals surface area contributed by atoms with Crippen LogP contribution in [0, 0.1) is 5.92 Å². The van der Waals surface area contributed by atoms with Crippen LogP contribution in [0.2, 0.25) is 0 Å². The van der Waals surface area contributed by atoms with Gasteiger partial charge < -0.3 is 19.5 Å². The highest BCUT2D eigenvalue weighted by molar-refractivity contribution is 5.44. The first-order valence-corrected chi connectivity index (χ1v) is 9.95. The van der Waals surface area contributed by atoms with Crippen molar-refractivity contribution in [1.82, 2.24) is 24.7 Å². The second-order valence-electron chi connectivity index (χ2n) is 7.87. The van der Waals surface area contributed by atoms with Gasteiger partial charge in [0.25, 0.3) is 0 Å². The summed E-state index contributed by atoms with van der Waals surface area (Å²) in [6.07, 6.45) is 8.14. The van der Waals surface area contributed by atoms with Gasteiger partial charge in [-0.15, -0.1) is 10.2 Å².